The van der Waals surface area contributed by atoms with Crippen LogP contribution in [0.2, 0.25) is 0 Å². The third-order valence-electron chi connectivity index (χ3n) is 4.47. The molecule has 8 heteroatoms. The molecular weight excluding hydrogens is 350 g/mol. The van der Waals surface area contributed by atoms with Gasteiger partial charge in [0.15, 0.2) is 11.5 Å². The summed E-state index contributed by atoms with van der Waals surface area (Å²) in [6.45, 7) is 1.20. The molecule has 3 rings (SSSR count). The molecular formula is C19H23N3O5. The number of likely N-dealkylation sites (tertiary alicyclic amines) is 1. The fourth-order valence-electron chi connectivity index (χ4n) is 3.08. The van der Waals surface area contributed by atoms with Crippen molar-refractivity contribution in [1.82, 2.24) is 14.9 Å². The Morgan fingerprint density at radius 2 is 1.70 bits per heavy atom. The van der Waals surface area contributed by atoms with Crippen LogP contribution in [-0.4, -0.2) is 61.3 Å². The smallest absolute Gasteiger partial charge is 0.254 e. The average molecular weight is 373 g/mol. The van der Waals surface area contributed by atoms with Gasteiger partial charge in [-0.15, -0.1) is 0 Å². The molecule has 1 aliphatic rings. The number of carbonyl (C=O) groups is 1. The molecule has 2 heterocycles. The molecule has 1 fully saturated rings. The minimum atomic E-state index is -0.0767. The number of benzene rings is 1. The number of aromatic nitrogens is 2. The minimum absolute atomic E-state index is 0.0192. The normalized spacial score (nSPS) is 14.6. The standard InChI is InChI=1S/C19H23N3O5/c1-24-15-10-13(11-16(25-2)18(15)26-3)19(23)22-8-4-14(5-9-22)27-17-12-20-6-7-21-17/h6-7,10-12,14H,4-5,8-9H2,1-3H3. The number of hydrogen-bond acceptors (Lipinski definition) is 7. The quantitative estimate of drug-likeness (QED) is 0.767. The van der Waals surface area contributed by atoms with Crippen LogP contribution in [0.25, 0.3) is 0 Å². The highest BCUT2D eigenvalue weighted by atomic mass is 16.5. The zero-order chi connectivity index (χ0) is 19.2. The van der Waals surface area contributed by atoms with E-state index in [-0.39, 0.29) is 12.0 Å². The zero-order valence-corrected chi connectivity index (χ0v) is 15.7. The fraction of sp³-hybridized carbons (Fsp3) is 0.421. The first kappa shape index (κ1) is 18.8. The maximum atomic E-state index is 12.9. The van der Waals surface area contributed by atoms with Crippen molar-refractivity contribution in [3.8, 4) is 23.1 Å². The SMILES string of the molecule is COc1cc(C(=O)N2CCC(Oc3cnccn3)CC2)cc(OC)c1OC. The molecule has 0 atom stereocenters. The lowest BCUT2D eigenvalue weighted by Gasteiger charge is -2.32. The predicted octanol–water partition coefficient (Wildman–Crippen LogP) is 2.19. The van der Waals surface area contributed by atoms with E-state index < -0.39 is 0 Å². The van der Waals surface area contributed by atoms with Crippen molar-refractivity contribution in [2.75, 3.05) is 34.4 Å². The largest absolute Gasteiger partial charge is 0.493 e. The van der Waals surface area contributed by atoms with Gasteiger partial charge < -0.3 is 23.8 Å². The van der Waals surface area contributed by atoms with E-state index in [0.29, 0.717) is 41.8 Å². The summed E-state index contributed by atoms with van der Waals surface area (Å²) < 4.78 is 21.8. The van der Waals surface area contributed by atoms with E-state index in [0.717, 1.165) is 12.8 Å². The number of piperidine rings is 1. The Kier molecular flexibility index (Phi) is 5.95. The first-order valence-corrected chi connectivity index (χ1v) is 8.68. The molecule has 0 N–H and O–H groups in total. The summed E-state index contributed by atoms with van der Waals surface area (Å²) in [6.07, 6.45) is 6.27. The van der Waals surface area contributed by atoms with Crippen molar-refractivity contribution in [1.29, 1.82) is 0 Å². The van der Waals surface area contributed by atoms with E-state index >= 15 is 0 Å². The van der Waals surface area contributed by atoms with E-state index in [1.807, 2.05) is 0 Å². The molecule has 2 aromatic rings. The van der Waals surface area contributed by atoms with Gasteiger partial charge in [-0.25, -0.2) is 4.98 Å². The molecule has 1 aliphatic heterocycles. The van der Waals surface area contributed by atoms with Crippen LogP contribution < -0.4 is 18.9 Å². The van der Waals surface area contributed by atoms with E-state index in [4.69, 9.17) is 18.9 Å². The van der Waals surface area contributed by atoms with Gasteiger partial charge in [0.1, 0.15) is 6.10 Å². The molecule has 144 valence electrons. The summed E-state index contributed by atoms with van der Waals surface area (Å²) in [7, 11) is 4.59. The molecule has 1 amide bonds. The zero-order valence-electron chi connectivity index (χ0n) is 15.7. The molecule has 0 bridgehead atoms. The summed E-state index contributed by atoms with van der Waals surface area (Å²) in [4.78, 5) is 22.8. The summed E-state index contributed by atoms with van der Waals surface area (Å²) in [6, 6.07) is 3.34. The molecule has 0 radical (unpaired) electrons. The van der Waals surface area contributed by atoms with Crippen molar-refractivity contribution >= 4 is 5.91 Å². The topological polar surface area (TPSA) is 83.0 Å². The van der Waals surface area contributed by atoms with Crippen LogP contribution in [0.15, 0.2) is 30.7 Å². The van der Waals surface area contributed by atoms with Crippen LogP contribution in [0, 0.1) is 0 Å². The highest BCUT2D eigenvalue weighted by Crippen LogP contribution is 2.38. The monoisotopic (exact) mass is 373 g/mol. The summed E-state index contributed by atoms with van der Waals surface area (Å²) in [5.41, 5.74) is 0.498. The second kappa shape index (κ2) is 8.57. The lowest BCUT2D eigenvalue weighted by atomic mass is 10.1. The minimum Gasteiger partial charge on any atom is -0.493 e. The molecule has 1 aromatic carbocycles. The van der Waals surface area contributed by atoms with Crippen LogP contribution >= 0.6 is 0 Å². The van der Waals surface area contributed by atoms with Gasteiger partial charge in [0.05, 0.1) is 27.5 Å². The van der Waals surface area contributed by atoms with Gasteiger partial charge in [-0.05, 0) is 12.1 Å². The second-order valence-corrected chi connectivity index (χ2v) is 6.07. The number of amides is 1. The molecule has 1 saturated heterocycles. The number of hydrogen-bond donors (Lipinski definition) is 0. The molecule has 0 unspecified atom stereocenters. The van der Waals surface area contributed by atoms with Gasteiger partial charge in [0.2, 0.25) is 11.6 Å². The van der Waals surface area contributed by atoms with Crippen molar-refractivity contribution < 1.29 is 23.7 Å². The van der Waals surface area contributed by atoms with Gasteiger partial charge in [-0.2, -0.15) is 0 Å². The van der Waals surface area contributed by atoms with Crippen molar-refractivity contribution in [2.45, 2.75) is 18.9 Å². The van der Waals surface area contributed by atoms with Crippen LogP contribution in [0.4, 0.5) is 0 Å². The number of ether oxygens (including phenoxy) is 4. The highest BCUT2D eigenvalue weighted by molar-refractivity contribution is 5.95. The van der Waals surface area contributed by atoms with Crippen molar-refractivity contribution in [2.24, 2.45) is 0 Å². The Hall–Kier alpha value is -3.03. The second-order valence-electron chi connectivity index (χ2n) is 6.07. The Morgan fingerprint density at radius 1 is 1.04 bits per heavy atom. The number of methoxy groups -OCH3 is 3. The van der Waals surface area contributed by atoms with E-state index in [1.54, 1.807) is 35.6 Å². The average Bonchev–Trinajstić information content (AvgIpc) is 2.73. The van der Waals surface area contributed by atoms with Gasteiger partial charge in [-0.3, -0.25) is 9.78 Å². The number of rotatable bonds is 6. The molecule has 1 aromatic heterocycles. The highest BCUT2D eigenvalue weighted by Gasteiger charge is 2.26. The maximum absolute atomic E-state index is 12.9. The molecule has 0 aliphatic carbocycles. The third-order valence-corrected chi connectivity index (χ3v) is 4.47. The lowest BCUT2D eigenvalue weighted by molar-refractivity contribution is 0.0586. The molecule has 8 nitrogen and oxygen atoms in total. The Balaban J connectivity index is 1.67. The molecule has 27 heavy (non-hydrogen) atoms. The molecule has 0 saturated carbocycles. The predicted molar refractivity (Wildman–Crippen MR) is 97.7 cm³/mol. The van der Waals surface area contributed by atoms with Crippen LogP contribution in [0.5, 0.6) is 23.1 Å². The van der Waals surface area contributed by atoms with Crippen LogP contribution in [-0.2, 0) is 0 Å². The Labute approximate surface area is 158 Å². The summed E-state index contributed by atoms with van der Waals surface area (Å²) in [5.74, 6) is 1.81. The van der Waals surface area contributed by atoms with Gasteiger partial charge >= 0.3 is 0 Å². The van der Waals surface area contributed by atoms with Gasteiger partial charge in [0, 0.05) is 43.9 Å². The Bertz CT molecular complexity index is 751. The molecule has 0 spiro atoms. The van der Waals surface area contributed by atoms with Crippen molar-refractivity contribution in [3.63, 3.8) is 0 Å². The number of carbonyl (C=O) groups excluding carboxylic acids is 1. The summed E-state index contributed by atoms with van der Waals surface area (Å²) >= 11 is 0. The first-order chi connectivity index (χ1) is 13.2. The van der Waals surface area contributed by atoms with Gasteiger partial charge in [0.25, 0.3) is 5.91 Å². The fourth-order valence-corrected chi connectivity index (χ4v) is 3.08. The Morgan fingerprint density at radius 3 is 2.22 bits per heavy atom. The first-order valence-electron chi connectivity index (χ1n) is 8.68. The maximum Gasteiger partial charge on any atom is 0.254 e. The van der Waals surface area contributed by atoms with Crippen LogP contribution in [0.1, 0.15) is 23.2 Å². The van der Waals surface area contributed by atoms with E-state index in [1.165, 1.54) is 21.3 Å². The lowest BCUT2D eigenvalue weighted by Crippen LogP contribution is -2.41. The third kappa shape index (κ3) is 4.21. The van der Waals surface area contributed by atoms with Crippen LogP contribution in [0.3, 0.4) is 0 Å². The summed E-state index contributed by atoms with van der Waals surface area (Å²) in [5, 5.41) is 0. The van der Waals surface area contributed by atoms with Crippen molar-refractivity contribution in [3.05, 3.63) is 36.3 Å². The van der Waals surface area contributed by atoms with E-state index in [9.17, 15) is 4.79 Å². The van der Waals surface area contributed by atoms with E-state index in [2.05, 4.69) is 9.97 Å². The number of nitrogens with zero attached hydrogens (tertiary/aromatic N) is 3. The van der Waals surface area contributed by atoms with Gasteiger partial charge in [-0.1, -0.05) is 0 Å².